The van der Waals surface area contributed by atoms with Crippen LogP contribution in [0.25, 0.3) is 0 Å². The zero-order valence-corrected chi connectivity index (χ0v) is 8.82. The van der Waals surface area contributed by atoms with Gasteiger partial charge in [0.05, 0.1) is 44.2 Å². The molecule has 0 amide bonds. The highest BCUT2D eigenvalue weighted by Gasteiger charge is 2.20. The van der Waals surface area contributed by atoms with Crippen molar-refractivity contribution in [3.63, 3.8) is 0 Å². The van der Waals surface area contributed by atoms with Crippen molar-refractivity contribution < 1.29 is 9.11 Å². The van der Waals surface area contributed by atoms with Crippen molar-refractivity contribution in [2.45, 2.75) is 13.3 Å². The molecule has 0 bridgehead atoms. The number of hydrogen-bond donors (Lipinski definition) is 1. The number of likely N-dealkylation sites (N-methyl/N-ethyl adjacent to an activating group) is 1. The van der Waals surface area contributed by atoms with Crippen LogP contribution in [-0.2, 0) is 11.0 Å². The van der Waals surface area contributed by atoms with Crippen LogP contribution in [0.1, 0.15) is 13.3 Å². The Labute approximate surface area is 77.3 Å². The van der Waals surface area contributed by atoms with Gasteiger partial charge in [-0.05, 0) is 6.42 Å². The van der Waals surface area contributed by atoms with Crippen molar-refractivity contribution in [1.29, 1.82) is 0 Å². The van der Waals surface area contributed by atoms with Gasteiger partial charge in [0.15, 0.2) is 0 Å². The maximum absolute atomic E-state index is 11.5. The van der Waals surface area contributed by atoms with E-state index in [9.17, 15) is 4.21 Å². The van der Waals surface area contributed by atoms with E-state index < -0.39 is 11.0 Å². The van der Waals surface area contributed by atoms with Gasteiger partial charge in [0.25, 0.3) is 0 Å². The van der Waals surface area contributed by atoms with Gasteiger partial charge in [-0.2, -0.15) is 0 Å². The van der Waals surface area contributed by atoms with E-state index in [1.165, 1.54) is 0 Å². The summed E-state index contributed by atoms with van der Waals surface area (Å²) in [6.07, 6.45) is 1.02. The largest absolute Gasteiger partial charge is 0.335 e. The number of nitrogens with zero attached hydrogens (tertiary/aromatic N) is 1. The molecule has 0 radical (unpaired) electrons. The zero-order chi connectivity index (χ0) is 8.97. The van der Waals surface area contributed by atoms with Gasteiger partial charge in [-0.25, -0.2) is 8.51 Å². The lowest BCUT2D eigenvalue weighted by atomic mass is 10.4. The second-order valence-electron chi connectivity index (χ2n) is 3.41. The van der Waals surface area contributed by atoms with Gasteiger partial charge in [0.1, 0.15) is 0 Å². The third-order valence-electron chi connectivity index (χ3n) is 2.24. The molecule has 1 aliphatic heterocycles. The highest BCUT2D eigenvalue weighted by atomic mass is 32.2. The lowest BCUT2D eigenvalue weighted by Crippen LogP contribution is -3.12. The first-order chi connectivity index (χ1) is 5.74. The van der Waals surface area contributed by atoms with Crippen molar-refractivity contribution in [2.75, 3.05) is 39.0 Å². The summed E-state index contributed by atoms with van der Waals surface area (Å²) in [6, 6.07) is 0. The minimum Gasteiger partial charge on any atom is -0.335 e. The Morgan fingerprint density at radius 3 is 2.50 bits per heavy atom. The molecule has 1 atom stereocenters. The third-order valence-corrected chi connectivity index (χ3v) is 3.94. The van der Waals surface area contributed by atoms with Gasteiger partial charge in [0, 0.05) is 5.75 Å². The van der Waals surface area contributed by atoms with Gasteiger partial charge in [-0.1, -0.05) is 6.92 Å². The molecule has 0 aromatic rings. The van der Waals surface area contributed by atoms with Crippen molar-refractivity contribution in [1.82, 2.24) is 4.31 Å². The molecule has 0 aromatic heterocycles. The van der Waals surface area contributed by atoms with Crippen LogP contribution < -0.4 is 4.90 Å². The first kappa shape index (κ1) is 10.2. The average molecular weight is 191 g/mol. The molecule has 1 heterocycles. The lowest BCUT2D eigenvalue weighted by Gasteiger charge is -2.28. The molecule has 12 heavy (non-hydrogen) atoms. The topological polar surface area (TPSA) is 24.8 Å². The maximum atomic E-state index is 11.5. The summed E-state index contributed by atoms with van der Waals surface area (Å²) in [5, 5.41) is 0. The highest BCUT2D eigenvalue weighted by Crippen LogP contribution is 1.97. The fraction of sp³-hybridized carbons (Fsp3) is 1.00. The standard InChI is InChI=1S/C8H18N2OS/c1-3-8-12(11)10-6-4-9(2)5-7-10/h3-8H2,1-2H3/p+1. The van der Waals surface area contributed by atoms with E-state index >= 15 is 0 Å². The first-order valence-corrected chi connectivity index (χ1v) is 5.96. The van der Waals surface area contributed by atoms with Crippen LogP contribution in [-0.4, -0.2) is 47.5 Å². The molecular formula is C8H19N2OS+. The normalized spacial score (nSPS) is 24.2. The Hall–Kier alpha value is 0.0700. The van der Waals surface area contributed by atoms with Crippen molar-refractivity contribution in [3.05, 3.63) is 0 Å². The quantitative estimate of drug-likeness (QED) is 0.601. The van der Waals surface area contributed by atoms with E-state index in [4.69, 9.17) is 0 Å². The van der Waals surface area contributed by atoms with Gasteiger partial charge in [0.2, 0.25) is 0 Å². The van der Waals surface area contributed by atoms with Crippen LogP contribution in [0.3, 0.4) is 0 Å². The summed E-state index contributed by atoms with van der Waals surface area (Å²) in [6.45, 7) is 6.35. The summed E-state index contributed by atoms with van der Waals surface area (Å²) in [7, 11) is 1.49. The molecule has 1 saturated heterocycles. The predicted octanol–water partition coefficient (Wildman–Crippen LogP) is -1.11. The van der Waals surface area contributed by atoms with Crippen LogP contribution in [0, 0.1) is 0 Å². The number of rotatable bonds is 3. The minimum atomic E-state index is -0.701. The number of quaternary nitrogens is 1. The van der Waals surface area contributed by atoms with Crippen LogP contribution in [0.2, 0.25) is 0 Å². The summed E-state index contributed by atoms with van der Waals surface area (Å²) in [5.74, 6) is 0.832. The molecule has 4 heteroatoms. The van der Waals surface area contributed by atoms with Crippen LogP contribution in [0.5, 0.6) is 0 Å². The molecule has 1 rings (SSSR count). The molecule has 0 saturated carbocycles. The fourth-order valence-electron chi connectivity index (χ4n) is 1.38. The van der Waals surface area contributed by atoms with Crippen molar-refractivity contribution >= 4 is 11.0 Å². The molecule has 1 N–H and O–H groups in total. The Morgan fingerprint density at radius 2 is 2.00 bits per heavy atom. The summed E-state index contributed by atoms with van der Waals surface area (Å²) >= 11 is 0. The number of piperazine rings is 1. The lowest BCUT2D eigenvalue weighted by molar-refractivity contribution is -0.883. The molecule has 1 aliphatic rings. The van der Waals surface area contributed by atoms with E-state index in [2.05, 4.69) is 18.3 Å². The molecule has 0 aromatic carbocycles. The van der Waals surface area contributed by atoms with Crippen molar-refractivity contribution in [3.8, 4) is 0 Å². The Kier molecular flexibility index (Phi) is 4.18. The average Bonchev–Trinajstić information content (AvgIpc) is 2.06. The minimum absolute atomic E-state index is 0.701. The van der Waals surface area contributed by atoms with Gasteiger partial charge >= 0.3 is 0 Å². The van der Waals surface area contributed by atoms with Crippen LogP contribution >= 0.6 is 0 Å². The molecule has 72 valence electrons. The molecule has 1 fully saturated rings. The highest BCUT2D eigenvalue weighted by molar-refractivity contribution is 7.82. The maximum Gasteiger partial charge on any atom is 0.0946 e. The van der Waals surface area contributed by atoms with Crippen molar-refractivity contribution in [2.24, 2.45) is 0 Å². The zero-order valence-electron chi connectivity index (χ0n) is 8.01. The van der Waals surface area contributed by atoms with Crippen LogP contribution in [0.15, 0.2) is 0 Å². The molecule has 3 nitrogen and oxygen atoms in total. The van der Waals surface area contributed by atoms with E-state index in [1.54, 1.807) is 4.90 Å². The Bertz CT molecular complexity index is 155. The van der Waals surface area contributed by atoms with Gasteiger partial charge in [-0.3, -0.25) is 0 Å². The molecule has 0 aliphatic carbocycles. The number of nitrogens with one attached hydrogen (secondary N) is 1. The third kappa shape index (κ3) is 2.84. The SMILES string of the molecule is CCCS(=O)N1CC[NH+](C)CC1. The molecular weight excluding hydrogens is 172 g/mol. The monoisotopic (exact) mass is 191 g/mol. The van der Waals surface area contributed by atoms with E-state index in [0.717, 1.165) is 38.4 Å². The summed E-state index contributed by atoms with van der Waals surface area (Å²) < 4.78 is 13.6. The number of hydrogen-bond acceptors (Lipinski definition) is 1. The summed E-state index contributed by atoms with van der Waals surface area (Å²) in [4.78, 5) is 1.56. The van der Waals surface area contributed by atoms with E-state index in [0.29, 0.717) is 0 Å². The Balaban J connectivity index is 2.29. The smallest absolute Gasteiger partial charge is 0.0946 e. The van der Waals surface area contributed by atoms with Gasteiger partial charge < -0.3 is 4.90 Å². The Morgan fingerprint density at radius 1 is 1.42 bits per heavy atom. The second-order valence-corrected chi connectivity index (χ2v) is 4.98. The molecule has 0 spiro atoms. The van der Waals surface area contributed by atoms with E-state index in [1.807, 2.05) is 0 Å². The van der Waals surface area contributed by atoms with Crippen LogP contribution in [0.4, 0.5) is 0 Å². The summed E-state index contributed by atoms with van der Waals surface area (Å²) in [5.41, 5.74) is 0. The first-order valence-electron chi connectivity index (χ1n) is 4.68. The second kappa shape index (κ2) is 4.94. The van der Waals surface area contributed by atoms with E-state index in [-0.39, 0.29) is 0 Å². The fourth-order valence-corrected chi connectivity index (χ4v) is 2.57. The van der Waals surface area contributed by atoms with Gasteiger partial charge in [-0.15, -0.1) is 0 Å². The molecule has 1 unspecified atom stereocenters. The predicted molar refractivity (Wildman–Crippen MR) is 51.5 cm³/mol.